The average Bonchev–Trinajstić information content (AvgIpc) is 2.24. The number of carbonyl (C=O) groups excluding carboxylic acids is 2. The van der Waals surface area contributed by atoms with Crippen molar-refractivity contribution in [3.63, 3.8) is 0 Å². The van der Waals surface area contributed by atoms with Crippen LogP contribution in [0.2, 0.25) is 0 Å². The summed E-state index contributed by atoms with van der Waals surface area (Å²) in [6.45, 7) is 5.23. The molecule has 0 aromatic carbocycles. The Bertz CT molecular complexity index is 520. The number of amides is 2. The van der Waals surface area contributed by atoms with E-state index >= 15 is 0 Å². The predicted molar refractivity (Wildman–Crippen MR) is 67.1 cm³/mol. The van der Waals surface area contributed by atoms with Gasteiger partial charge in [-0.05, 0) is 12.8 Å². The monoisotopic (exact) mass is 251 g/mol. The molecular weight excluding hydrogens is 234 g/mol. The topological polar surface area (TPSA) is 105 Å². The minimum Gasteiger partial charge on any atom is -0.368 e. The molecule has 0 bridgehead atoms. The molecule has 6 nitrogen and oxygen atoms in total. The lowest BCUT2D eigenvalue weighted by molar-refractivity contribution is -0.120. The number of rotatable bonds is 4. The number of aryl methyl sites for hydroxylation is 1. The molecule has 0 saturated carbocycles. The molecule has 0 radical (unpaired) electrons. The van der Waals surface area contributed by atoms with Crippen molar-refractivity contribution in [3.05, 3.63) is 33.7 Å². The van der Waals surface area contributed by atoms with Crippen molar-refractivity contribution < 1.29 is 9.59 Å². The van der Waals surface area contributed by atoms with Crippen molar-refractivity contribution in [1.82, 2.24) is 10.3 Å². The van der Waals surface area contributed by atoms with Crippen molar-refractivity contribution in [2.24, 2.45) is 11.7 Å². The quantitative estimate of drug-likeness (QED) is 0.697. The molecule has 18 heavy (non-hydrogen) atoms. The van der Waals surface area contributed by atoms with Crippen molar-refractivity contribution in [2.75, 3.05) is 0 Å². The van der Waals surface area contributed by atoms with E-state index in [1.165, 1.54) is 12.3 Å². The number of pyridine rings is 1. The van der Waals surface area contributed by atoms with Crippen LogP contribution in [0.3, 0.4) is 0 Å². The highest BCUT2D eigenvalue weighted by Gasteiger charge is 2.23. The molecule has 0 saturated heterocycles. The maximum atomic E-state index is 11.9. The highest BCUT2D eigenvalue weighted by Crippen LogP contribution is 2.02. The number of nitrogens with two attached hydrogens (primary N) is 1. The first kappa shape index (κ1) is 14.0. The summed E-state index contributed by atoms with van der Waals surface area (Å²) in [5.41, 5.74) is 5.42. The van der Waals surface area contributed by atoms with E-state index in [-0.39, 0.29) is 11.5 Å². The van der Waals surface area contributed by atoms with E-state index in [0.29, 0.717) is 5.69 Å². The van der Waals surface area contributed by atoms with Gasteiger partial charge in [0.25, 0.3) is 5.91 Å². The summed E-state index contributed by atoms with van der Waals surface area (Å²) in [7, 11) is 0. The standard InChI is InChI=1S/C12H17N3O3/c1-6(2)10(11(13)17)15-12(18)8-5-14-7(3)4-9(8)16/h4-6,10H,1-3H3,(H2,13,17)(H,14,16)(H,15,18). The lowest BCUT2D eigenvalue weighted by Gasteiger charge is -2.18. The van der Waals surface area contributed by atoms with Gasteiger partial charge in [0.2, 0.25) is 5.91 Å². The second-order valence-electron chi connectivity index (χ2n) is 4.49. The zero-order valence-electron chi connectivity index (χ0n) is 10.6. The number of hydrogen-bond acceptors (Lipinski definition) is 3. The van der Waals surface area contributed by atoms with Crippen LogP contribution < -0.4 is 16.5 Å². The Labute approximate surface area is 105 Å². The molecule has 0 spiro atoms. The number of carbonyl (C=O) groups is 2. The van der Waals surface area contributed by atoms with Crippen LogP contribution in [-0.4, -0.2) is 22.8 Å². The van der Waals surface area contributed by atoms with Crippen LogP contribution in [-0.2, 0) is 4.79 Å². The molecule has 1 heterocycles. The molecule has 0 aliphatic rings. The van der Waals surface area contributed by atoms with Gasteiger partial charge in [-0.1, -0.05) is 13.8 Å². The first-order valence-electron chi connectivity index (χ1n) is 5.62. The van der Waals surface area contributed by atoms with Gasteiger partial charge < -0.3 is 16.0 Å². The number of H-pyrrole nitrogens is 1. The molecule has 0 fully saturated rings. The maximum absolute atomic E-state index is 11.9. The Kier molecular flexibility index (Phi) is 4.25. The molecule has 4 N–H and O–H groups in total. The smallest absolute Gasteiger partial charge is 0.257 e. The third-order valence-corrected chi connectivity index (χ3v) is 2.56. The lowest BCUT2D eigenvalue weighted by Crippen LogP contribution is -2.48. The van der Waals surface area contributed by atoms with Gasteiger partial charge in [0.15, 0.2) is 5.43 Å². The molecule has 0 aliphatic carbocycles. The van der Waals surface area contributed by atoms with Crippen LogP contribution in [0, 0.1) is 12.8 Å². The minimum absolute atomic E-state index is 0.0347. The third kappa shape index (κ3) is 3.19. The summed E-state index contributed by atoms with van der Waals surface area (Å²) >= 11 is 0. The Morgan fingerprint density at radius 3 is 2.44 bits per heavy atom. The summed E-state index contributed by atoms with van der Waals surface area (Å²) in [6.07, 6.45) is 1.32. The minimum atomic E-state index is -0.793. The molecule has 1 rings (SSSR count). The first-order valence-corrected chi connectivity index (χ1v) is 5.62. The highest BCUT2D eigenvalue weighted by molar-refractivity contribution is 5.97. The molecule has 0 aliphatic heterocycles. The molecule has 1 aromatic heterocycles. The van der Waals surface area contributed by atoms with E-state index in [4.69, 9.17) is 5.73 Å². The van der Waals surface area contributed by atoms with E-state index in [0.717, 1.165) is 0 Å². The van der Waals surface area contributed by atoms with Gasteiger partial charge in [-0.3, -0.25) is 14.4 Å². The summed E-state index contributed by atoms with van der Waals surface area (Å²) in [4.78, 5) is 37.4. The predicted octanol–water partition coefficient (Wildman–Crippen LogP) is -0.0770. The van der Waals surface area contributed by atoms with Gasteiger partial charge in [-0.15, -0.1) is 0 Å². The molecular formula is C12H17N3O3. The molecule has 2 amide bonds. The number of nitrogens with one attached hydrogen (secondary N) is 2. The van der Waals surface area contributed by atoms with Crippen LogP contribution in [0.4, 0.5) is 0 Å². The molecule has 1 unspecified atom stereocenters. The van der Waals surface area contributed by atoms with E-state index in [1.54, 1.807) is 20.8 Å². The fourth-order valence-corrected chi connectivity index (χ4v) is 1.54. The van der Waals surface area contributed by atoms with Gasteiger partial charge in [-0.2, -0.15) is 0 Å². The second kappa shape index (κ2) is 5.48. The first-order chi connectivity index (χ1) is 8.32. The van der Waals surface area contributed by atoms with Crippen molar-refractivity contribution >= 4 is 11.8 Å². The van der Waals surface area contributed by atoms with Gasteiger partial charge in [0.05, 0.1) is 0 Å². The average molecular weight is 251 g/mol. The van der Waals surface area contributed by atoms with Gasteiger partial charge >= 0.3 is 0 Å². The Balaban J connectivity index is 2.94. The lowest BCUT2D eigenvalue weighted by atomic mass is 10.0. The molecule has 98 valence electrons. The van der Waals surface area contributed by atoms with Crippen LogP contribution in [0.1, 0.15) is 29.9 Å². The third-order valence-electron chi connectivity index (χ3n) is 2.56. The number of aromatic nitrogens is 1. The van der Waals surface area contributed by atoms with E-state index in [9.17, 15) is 14.4 Å². The fourth-order valence-electron chi connectivity index (χ4n) is 1.54. The van der Waals surface area contributed by atoms with Crippen molar-refractivity contribution in [1.29, 1.82) is 0 Å². The van der Waals surface area contributed by atoms with E-state index in [2.05, 4.69) is 10.3 Å². The van der Waals surface area contributed by atoms with Crippen LogP contribution in [0.5, 0.6) is 0 Å². The van der Waals surface area contributed by atoms with Crippen LogP contribution >= 0.6 is 0 Å². The maximum Gasteiger partial charge on any atom is 0.257 e. The zero-order valence-corrected chi connectivity index (χ0v) is 10.6. The summed E-state index contributed by atoms with van der Waals surface area (Å²) < 4.78 is 0. The molecule has 1 atom stereocenters. The van der Waals surface area contributed by atoms with Crippen molar-refractivity contribution in [2.45, 2.75) is 26.8 Å². The number of primary amides is 1. The Morgan fingerprint density at radius 2 is 2.00 bits per heavy atom. The van der Waals surface area contributed by atoms with Gasteiger partial charge in [0.1, 0.15) is 11.6 Å². The summed E-state index contributed by atoms with van der Waals surface area (Å²) in [5.74, 6) is -1.37. The normalized spacial score (nSPS) is 12.2. The van der Waals surface area contributed by atoms with Crippen LogP contribution in [0.15, 0.2) is 17.1 Å². The van der Waals surface area contributed by atoms with E-state index in [1.807, 2.05) is 0 Å². The molecule has 1 aromatic rings. The Hall–Kier alpha value is -2.11. The van der Waals surface area contributed by atoms with Gasteiger partial charge in [-0.25, -0.2) is 0 Å². The Morgan fingerprint density at radius 1 is 1.39 bits per heavy atom. The fraction of sp³-hybridized carbons (Fsp3) is 0.417. The highest BCUT2D eigenvalue weighted by atomic mass is 16.2. The number of hydrogen-bond donors (Lipinski definition) is 3. The number of aromatic amines is 1. The largest absolute Gasteiger partial charge is 0.368 e. The van der Waals surface area contributed by atoms with Crippen LogP contribution in [0.25, 0.3) is 0 Å². The zero-order chi connectivity index (χ0) is 13.9. The summed E-state index contributed by atoms with van der Waals surface area (Å²) in [5, 5.41) is 2.46. The SMILES string of the molecule is Cc1cc(=O)c(C(=O)NC(C(N)=O)C(C)C)c[nH]1. The van der Waals surface area contributed by atoms with Gasteiger partial charge in [0, 0.05) is 18.0 Å². The second-order valence-corrected chi connectivity index (χ2v) is 4.49. The van der Waals surface area contributed by atoms with Crippen molar-refractivity contribution in [3.8, 4) is 0 Å². The van der Waals surface area contributed by atoms with E-state index < -0.39 is 23.3 Å². The molecule has 6 heteroatoms. The summed E-state index contributed by atoms with van der Waals surface area (Å²) in [6, 6.07) is 0.530.